The molecule has 7 N–H and O–H groups in total. The van der Waals surface area contributed by atoms with Crippen LogP contribution in [0.15, 0.2) is 103 Å². The van der Waals surface area contributed by atoms with Gasteiger partial charge in [-0.15, -0.1) is 0 Å². The molecule has 25 heteroatoms. The van der Waals surface area contributed by atoms with E-state index in [1.165, 1.54) is 17.7 Å². The van der Waals surface area contributed by atoms with Crippen molar-refractivity contribution in [2.24, 2.45) is 58.2 Å². The quantitative estimate of drug-likeness (QED) is 0.0203. The van der Waals surface area contributed by atoms with E-state index in [0.717, 1.165) is 53.0 Å². The van der Waals surface area contributed by atoms with Gasteiger partial charge in [-0.05, 0) is 199 Å². The van der Waals surface area contributed by atoms with Crippen LogP contribution in [0.25, 0.3) is 22.3 Å². The summed E-state index contributed by atoms with van der Waals surface area (Å²) in [5.41, 5.74) is 8.56. The zero-order valence-corrected chi connectivity index (χ0v) is 70.9. The van der Waals surface area contributed by atoms with Crippen LogP contribution in [0.1, 0.15) is 144 Å². The number of rotatable bonds is 31. The molecule has 3 saturated heterocycles. The van der Waals surface area contributed by atoms with Crippen LogP contribution < -0.4 is 35.2 Å². The molecule has 0 aromatic heterocycles. The van der Waals surface area contributed by atoms with Crippen LogP contribution in [0.2, 0.25) is 0 Å². The minimum absolute atomic E-state index is 0.00595. The summed E-state index contributed by atoms with van der Waals surface area (Å²) >= 11 is 0. The molecule has 0 spiro atoms. The van der Waals surface area contributed by atoms with Gasteiger partial charge in [-0.1, -0.05) is 108 Å². The van der Waals surface area contributed by atoms with Crippen molar-refractivity contribution in [2.75, 3.05) is 113 Å². The van der Waals surface area contributed by atoms with E-state index in [2.05, 4.69) is 74.5 Å². The van der Waals surface area contributed by atoms with Gasteiger partial charge < -0.3 is 75.1 Å². The number of anilines is 2. The molecule has 9 aliphatic rings. The fourth-order valence-corrected chi connectivity index (χ4v) is 20.0. The van der Waals surface area contributed by atoms with Crippen molar-refractivity contribution in [1.82, 2.24) is 40.8 Å². The number of aliphatic hydroxyl groups is 3. The minimum Gasteiger partial charge on any atom is -0.496 e. The van der Waals surface area contributed by atoms with E-state index in [-0.39, 0.29) is 91.3 Å². The molecule has 115 heavy (non-hydrogen) atoms. The van der Waals surface area contributed by atoms with Gasteiger partial charge in [0.05, 0.1) is 52.5 Å². The smallest absolute Gasteiger partial charge is 0.326 e. The Morgan fingerprint density at radius 2 is 1.12 bits per heavy atom. The van der Waals surface area contributed by atoms with Crippen LogP contribution in [-0.4, -0.2) is 245 Å². The number of likely N-dealkylation sites (N-methyl/N-ethyl adjacent to an activating group) is 1. The molecule has 6 aliphatic carbocycles. The number of likely N-dealkylation sites (tertiary alicyclic amines) is 1. The Balaban J connectivity index is 0.000000232. The van der Waals surface area contributed by atoms with Gasteiger partial charge in [0.1, 0.15) is 47.9 Å². The maximum atomic E-state index is 14.8. The zero-order valence-electron chi connectivity index (χ0n) is 70.9. The third-order valence-corrected chi connectivity index (χ3v) is 26.7. The number of hydrogen-bond acceptors (Lipinski definition) is 20. The Hall–Kier alpha value is -8.24. The van der Waals surface area contributed by atoms with Crippen LogP contribution >= 0.6 is 0 Å². The molecule has 3 aliphatic heterocycles. The number of methoxy groups -OCH3 is 2. The lowest BCUT2D eigenvalue weighted by Crippen LogP contribution is -2.62. The molecule has 6 saturated carbocycles. The number of aliphatic hydroxyl groups excluding tert-OH is 3. The number of fused-ring (bicyclic) bond motifs is 4. The van der Waals surface area contributed by atoms with Crippen molar-refractivity contribution in [3.05, 3.63) is 131 Å². The first-order chi connectivity index (χ1) is 54.6. The van der Waals surface area contributed by atoms with E-state index in [0.29, 0.717) is 114 Å². The number of ether oxygens (including phenoxy) is 3. The molecule has 0 unspecified atom stereocenters. The van der Waals surface area contributed by atoms with E-state index in [9.17, 15) is 49.2 Å². The lowest BCUT2D eigenvalue weighted by atomic mass is 9.45. The third-order valence-electron chi connectivity index (χ3n) is 26.7. The van der Waals surface area contributed by atoms with Gasteiger partial charge in [0.2, 0.25) is 11.8 Å². The number of carboxylic acids is 1. The summed E-state index contributed by atoms with van der Waals surface area (Å²) in [4.78, 5) is 104. The predicted octanol–water partition coefficient (Wildman–Crippen LogP) is 9.66. The Morgan fingerprint density at radius 1 is 0.626 bits per heavy atom. The Kier molecular flexibility index (Phi) is 28.3. The van der Waals surface area contributed by atoms with Gasteiger partial charge in [-0.25, -0.2) is 4.79 Å². The normalized spacial score (nSPS) is 27.3. The van der Waals surface area contributed by atoms with E-state index in [1.54, 1.807) is 50.3 Å². The largest absolute Gasteiger partial charge is 0.496 e. The van der Waals surface area contributed by atoms with Gasteiger partial charge in [0.15, 0.2) is 0 Å². The highest BCUT2D eigenvalue weighted by Crippen LogP contribution is 2.62. The number of para-hydroxylation sites is 2. The zero-order chi connectivity index (χ0) is 83.4. The SMILES string of the molecule is COc1c(CN2O[C@@H](CO)[C@@H]([C@H](C)O)[C@H]2C(=O)N[C@H]2C[C@H]3C[C@@H]([C@@H]2C)C3(C)C)cccc1-c1cc(C(=O)N2CCC[C@H]2C(=O)O)cc(N(C)C)c1.COc1c(CN2O[C@@H](CO)[C@@H]([C@H](C)OC(=O)CCCN(C)C)[C@H]2C(=O)N[C@H]2C[C@H]3C[C@@H]([C@@H]2C)C3(C)C)cccc1-c1cc(C(=O)N[C@@H](Cc2ccccc2)CN(C)C)cc(N(C)C)c1. The second-order valence-electron chi connectivity index (χ2n) is 35.8. The standard InChI is InChI=1S/C51H74N6O7.C39H54N4O8/c1-32-42-27-38(51(42,3)4)28-43(32)53-50(61)47-46(33(2)63-45(59)21-16-22-54(5)6)44(31-58)64-57(47)29-35-19-15-20-41(48(35)62-11)36-24-37(26-40(25-36)56(9)10)49(60)52-39(30-55(7)8)23-34-17-13-12-14-18-34;1-21-29-17-26(39(29,3)4)18-30(21)40-36(46)34-33(22(2)45)32(20-44)51-43(34)19-23-10-8-11-28(35(23)50-7)24-14-25(16-27(15-24)41(5)6)37(47)42-13-9-12-31(42)38(48)49/h12-15,17-20,24-26,32-33,38-39,42-44,46-47,58H,16,21-23,27-31H2,1-11H3,(H,52,60)(H,53,61);8,10-11,14-16,21-22,26,29-34,44-45H,9,12-13,17-20H2,1-7H3,(H,40,46)(H,48,49)/t32-,33-,38+,39-,42-,43-,44-,46+,47-;21-,22-,26+,29-,30-,31-,32-,33+,34-/m00/s1. The molecule has 3 heterocycles. The highest BCUT2D eigenvalue weighted by atomic mass is 16.7. The van der Waals surface area contributed by atoms with Crippen LogP contribution in [0.4, 0.5) is 11.4 Å². The second kappa shape index (κ2) is 37.1. The summed E-state index contributed by atoms with van der Waals surface area (Å²) in [6.07, 6.45) is 3.56. The minimum atomic E-state index is -1.01. The topological polar surface area (TPSA) is 288 Å². The van der Waals surface area contributed by atoms with E-state index in [1.807, 2.05) is 150 Å². The molecular formula is C90H128N10O15. The molecule has 5 aromatic rings. The van der Waals surface area contributed by atoms with Crippen LogP contribution in [-0.2, 0) is 53.1 Å². The van der Waals surface area contributed by atoms with E-state index in [4.69, 9.17) is 23.9 Å². The van der Waals surface area contributed by atoms with Crippen molar-refractivity contribution < 1.29 is 73.1 Å². The number of hydrogen-bond donors (Lipinski definition) is 7. The summed E-state index contributed by atoms with van der Waals surface area (Å²) in [7, 11) is 18.8. The number of hydroxylamine groups is 4. The number of aliphatic carboxylic acids is 1. The Morgan fingerprint density at radius 3 is 1.57 bits per heavy atom. The highest BCUT2D eigenvalue weighted by Gasteiger charge is 2.60. The average molecular weight is 1590 g/mol. The average Bonchev–Trinajstić information content (AvgIpc) is 1.72. The van der Waals surface area contributed by atoms with Gasteiger partial charge in [0, 0.05) is 116 Å². The van der Waals surface area contributed by atoms with Gasteiger partial charge in [0.25, 0.3) is 11.8 Å². The number of esters is 1. The number of carboxylic acid groups (broad SMARTS) is 1. The van der Waals surface area contributed by atoms with Crippen molar-refractivity contribution in [1.29, 1.82) is 0 Å². The molecule has 9 fully saturated rings. The molecule has 25 nitrogen and oxygen atoms in total. The number of nitrogens with zero attached hydrogens (tertiary/aromatic N) is 7. The molecule has 4 bridgehead atoms. The first-order valence-corrected chi connectivity index (χ1v) is 41.3. The fourth-order valence-electron chi connectivity index (χ4n) is 20.0. The molecule has 14 rings (SSSR count). The van der Waals surface area contributed by atoms with Crippen molar-refractivity contribution in [2.45, 2.75) is 187 Å². The maximum absolute atomic E-state index is 14.8. The van der Waals surface area contributed by atoms with Crippen LogP contribution in [0.5, 0.6) is 11.5 Å². The van der Waals surface area contributed by atoms with Crippen LogP contribution in [0, 0.1) is 58.2 Å². The molecule has 4 amide bonds. The summed E-state index contributed by atoms with van der Waals surface area (Å²) in [6.45, 7) is 18.5. The van der Waals surface area contributed by atoms with Crippen LogP contribution in [0.3, 0.4) is 0 Å². The molecule has 18 atom stereocenters. The highest BCUT2D eigenvalue weighted by molar-refractivity contribution is 6.00. The lowest BCUT2D eigenvalue weighted by molar-refractivity contribution is -0.183. The third kappa shape index (κ3) is 19.2. The predicted molar refractivity (Wildman–Crippen MR) is 444 cm³/mol. The number of carbonyl (C=O) groups is 6. The Labute approximate surface area is 680 Å². The summed E-state index contributed by atoms with van der Waals surface area (Å²) < 4.78 is 18.2. The molecular weight excluding hydrogens is 1460 g/mol. The van der Waals surface area contributed by atoms with Crippen molar-refractivity contribution in [3.63, 3.8) is 0 Å². The second-order valence-corrected chi connectivity index (χ2v) is 35.8. The first-order valence-electron chi connectivity index (χ1n) is 41.3. The van der Waals surface area contributed by atoms with Gasteiger partial charge >= 0.3 is 11.9 Å². The molecule has 0 radical (unpaired) electrons. The Bertz CT molecular complexity index is 4230. The molecule has 628 valence electrons. The maximum Gasteiger partial charge on any atom is 0.326 e. The number of carbonyl (C=O) groups excluding carboxylic acids is 5. The summed E-state index contributed by atoms with van der Waals surface area (Å²) in [5, 5.41) is 55.0. The first kappa shape index (κ1) is 87.6. The van der Waals surface area contributed by atoms with E-state index < -0.39 is 60.3 Å². The van der Waals surface area contributed by atoms with Crippen molar-refractivity contribution in [3.8, 4) is 33.8 Å². The summed E-state index contributed by atoms with van der Waals surface area (Å²) in [5.74, 6) is 0.209. The van der Waals surface area contributed by atoms with Gasteiger partial charge in [-0.2, -0.15) is 10.1 Å². The van der Waals surface area contributed by atoms with E-state index >= 15 is 0 Å². The molecule has 5 aromatic carbocycles. The number of nitrogens with one attached hydrogen (secondary N) is 3. The number of benzene rings is 5. The fraction of sp³-hybridized carbons (Fsp3) is 0.600. The van der Waals surface area contributed by atoms with Gasteiger partial charge in [-0.3, -0.25) is 33.6 Å². The van der Waals surface area contributed by atoms with Crippen molar-refractivity contribution >= 4 is 46.9 Å². The monoisotopic (exact) mass is 1590 g/mol. The lowest BCUT2D eigenvalue weighted by Gasteiger charge is -2.62. The summed E-state index contributed by atoms with van der Waals surface area (Å²) in [6, 6.07) is 30.2. The number of amides is 4.